The number of hydrogen-bond donors (Lipinski definition) is 0. The van der Waals surface area contributed by atoms with E-state index in [1.807, 2.05) is 26.0 Å². The number of nitriles is 1. The first-order valence-electron chi connectivity index (χ1n) is 9.91. The number of hydrogen-bond acceptors (Lipinski definition) is 6. The summed E-state index contributed by atoms with van der Waals surface area (Å²) >= 11 is 0. The zero-order valence-corrected chi connectivity index (χ0v) is 21.5. The number of aryl methyl sites for hydroxylation is 2. The summed E-state index contributed by atoms with van der Waals surface area (Å²) in [6.45, 7) is 3.81. The molecule has 3 rings (SSSR count). The molecule has 0 saturated heterocycles. The second-order valence-corrected chi connectivity index (χ2v) is 8.36. The Balaban J connectivity index is 0.00000385. The van der Waals surface area contributed by atoms with Crippen LogP contribution < -0.4 is 43.5 Å². The Morgan fingerprint density at radius 1 is 1.06 bits per heavy atom. The van der Waals surface area contributed by atoms with Gasteiger partial charge in [0.2, 0.25) is 0 Å². The number of ketones is 1. The second kappa shape index (κ2) is 12.0. The van der Waals surface area contributed by atoms with Gasteiger partial charge in [0.1, 0.15) is 11.5 Å². The van der Waals surface area contributed by atoms with Crippen LogP contribution in [-0.2, 0) is 11.0 Å². The van der Waals surface area contributed by atoms with Gasteiger partial charge in [0.15, 0.2) is 5.78 Å². The molecule has 0 amide bonds. The van der Waals surface area contributed by atoms with Gasteiger partial charge in [-0.3, -0.25) is 4.79 Å². The first-order chi connectivity index (χ1) is 15.3. The van der Waals surface area contributed by atoms with Crippen LogP contribution in [0.4, 0.5) is 0 Å². The van der Waals surface area contributed by atoms with Gasteiger partial charge in [0.25, 0.3) is 0 Å². The van der Waals surface area contributed by atoms with Crippen LogP contribution in [0.3, 0.4) is 0 Å². The van der Waals surface area contributed by atoms with Crippen molar-refractivity contribution in [1.29, 1.82) is 5.26 Å². The van der Waals surface area contributed by atoms with Gasteiger partial charge in [-0.05, 0) is 72.5 Å². The van der Waals surface area contributed by atoms with Crippen LogP contribution in [0.25, 0.3) is 6.08 Å². The molecule has 33 heavy (non-hydrogen) atoms. The third kappa shape index (κ3) is 8.01. The SMILES string of the molecule is CCc1cc(C)cc(OP(=O)([O-])Oc2cccc(C(=O)C=Cc3ccc(C#N)cc3)c2)c1.[Na+]. The van der Waals surface area contributed by atoms with Crippen molar-refractivity contribution in [3.63, 3.8) is 0 Å². The number of phosphoric acid groups is 1. The molecule has 0 N–H and O–H groups in total. The molecule has 0 aromatic heterocycles. The van der Waals surface area contributed by atoms with Gasteiger partial charge in [-0.25, -0.2) is 4.57 Å². The van der Waals surface area contributed by atoms with E-state index in [2.05, 4.69) is 0 Å². The number of carbonyl (C=O) groups is 1. The molecule has 1 atom stereocenters. The van der Waals surface area contributed by atoms with Crippen LogP contribution in [-0.4, -0.2) is 5.78 Å². The van der Waals surface area contributed by atoms with Crippen molar-refractivity contribution in [2.24, 2.45) is 0 Å². The zero-order valence-electron chi connectivity index (χ0n) is 18.6. The largest absolute Gasteiger partial charge is 1.00 e. The number of allylic oxidation sites excluding steroid dienone is 1. The molecule has 8 heteroatoms. The van der Waals surface area contributed by atoms with Gasteiger partial charge in [0.05, 0.1) is 11.6 Å². The second-order valence-electron chi connectivity index (χ2n) is 7.10. The van der Waals surface area contributed by atoms with E-state index < -0.39 is 7.82 Å². The summed E-state index contributed by atoms with van der Waals surface area (Å²) in [5.41, 5.74) is 3.37. The van der Waals surface area contributed by atoms with Crippen LogP contribution in [0.15, 0.2) is 72.8 Å². The molecule has 3 aromatic carbocycles. The average molecular weight is 469 g/mol. The molecule has 0 aliphatic rings. The summed E-state index contributed by atoms with van der Waals surface area (Å²) in [6.07, 6.45) is 3.72. The monoisotopic (exact) mass is 469 g/mol. The molecule has 0 heterocycles. The van der Waals surface area contributed by atoms with Crippen LogP contribution in [0.5, 0.6) is 11.5 Å². The van der Waals surface area contributed by atoms with E-state index in [-0.39, 0.29) is 52.4 Å². The summed E-state index contributed by atoms with van der Waals surface area (Å²) in [5.74, 6) is -0.171. The molecule has 162 valence electrons. The average Bonchev–Trinajstić information content (AvgIpc) is 2.76. The maximum absolute atomic E-state index is 12.5. The van der Waals surface area contributed by atoms with E-state index in [4.69, 9.17) is 14.3 Å². The number of rotatable bonds is 8. The first-order valence-corrected chi connectivity index (χ1v) is 11.4. The van der Waals surface area contributed by atoms with Crippen molar-refractivity contribution >= 4 is 19.7 Å². The van der Waals surface area contributed by atoms with Crippen LogP contribution in [0, 0.1) is 18.3 Å². The van der Waals surface area contributed by atoms with Gasteiger partial charge in [-0.2, -0.15) is 5.26 Å². The van der Waals surface area contributed by atoms with Gasteiger partial charge < -0.3 is 13.9 Å². The number of nitrogens with zero attached hydrogens (tertiary/aromatic N) is 1. The van der Waals surface area contributed by atoms with Gasteiger partial charge >= 0.3 is 37.4 Å². The van der Waals surface area contributed by atoms with E-state index in [1.54, 1.807) is 48.5 Å². The molecule has 0 radical (unpaired) electrons. The number of benzene rings is 3. The van der Waals surface area contributed by atoms with Gasteiger partial charge in [-0.15, -0.1) is 0 Å². The maximum atomic E-state index is 12.5. The van der Waals surface area contributed by atoms with E-state index in [1.165, 1.54) is 24.3 Å². The molecule has 0 aliphatic carbocycles. The fraction of sp³-hybridized carbons (Fsp3) is 0.120. The molecular formula is C25H21NNaO5P. The minimum atomic E-state index is -4.71. The standard InChI is InChI=1S/C25H22NO5P.Na/c1-3-19-13-18(2)14-24(15-19)31-32(28,29)30-23-6-4-5-22(16-23)25(27)12-11-20-7-9-21(17-26)10-8-20;/h4-16H,3H2,1-2H3,(H,28,29);/q;+1/p-1. The molecule has 0 spiro atoms. The molecule has 6 nitrogen and oxygen atoms in total. The Labute approximate surface area is 215 Å². The van der Waals surface area contributed by atoms with Crippen molar-refractivity contribution in [3.05, 3.63) is 101 Å². The summed E-state index contributed by atoms with van der Waals surface area (Å²) in [4.78, 5) is 24.9. The predicted molar refractivity (Wildman–Crippen MR) is 120 cm³/mol. The molecule has 0 saturated carbocycles. The number of phosphoric ester groups is 1. The van der Waals surface area contributed by atoms with E-state index in [0.29, 0.717) is 5.56 Å². The van der Waals surface area contributed by atoms with Gasteiger partial charge in [0, 0.05) is 5.56 Å². The van der Waals surface area contributed by atoms with Gasteiger partial charge in [-0.1, -0.05) is 43.3 Å². The minimum absolute atomic E-state index is 0. The molecule has 1 unspecified atom stereocenters. The van der Waals surface area contributed by atoms with E-state index >= 15 is 0 Å². The van der Waals surface area contributed by atoms with E-state index in [9.17, 15) is 14.3 Å². The summed E-state index contributed by atoms with van der Waals surface area (Å²) < 4.78 is 22.6. The fourth-order valence-corrected chi connectivity index (χ4v) is 3.77. The Hall–Kier alpha value is -2.65. The van der Waals surface area contributed by atoms with Crippen molar-refractivity contribution in [1.82, 2.24) is 0 Å². The van der Waals surface area contributed by atoms with Crippen LogP contribution in [0.1, 0.15) is 39.5 Å². The topological polar surface area (TPSA) is 99.4 Å². The minimum Gasteiger partial charge on any atom is -0.736 e. The smallest absolute Gasteiger partial charge is 0.736 e. The predicted octanol–water partition coefficient (Wildman–Crippen LogP) is 2.26. The fourth-order valence-electron chi connectivity index (χ4n) is 3.00. The maximum Gasteiger partial charge on any atom is 1.00 e. The summed E-state index contributed by atoms with van der Waals surface area (Å²) in [7, 11) is -4.71. The normalized spacial score (nSPS) is 12.3. The van der Waals surface area contributed by atoms with E-state index in [0.717, 1.165) is 23.1 Å². The molecule has 0 bridgehead atoms. The Morgan fingerprint density at radius 2 is 1.76 bits per heavy atom. The Morgan fingerprint density at radius 3 is 2.42 bits per heavy atom. The van der Waals surface area contributed by atoms with Crippen molar-refractivity contribution in [2.45, 2.75) is 20.3 Å². The third-order valence-corrected chi connectivity index (χ3v) is 5.41. The molecule has 3 aromatic rings. The Kier molecular flexibility index (Phi) is 9.67. The van der Waals surface area contributed by atoms with Crippen molar-refractivity contribution in [3.8, 4) is 17.6 Å². The van der Waals surface area contributed by atoms with Crippen molar-refractivity contribution < 1.29 is 52.9 Å². The summed E-state index contributed by atoms with van der Waals surface area (Å²) in [5, 5.41) is 8.83. The quantitative estimate of drug-likeness (QED) is 0.217. The molecule has 0 fully saturated rings. The summed E-state index contributed by atoms with van der Waals surface area (Å²) in [6, 6.07) is 19.9. The number of carbonyl (C=O) groups excluding carboxylic acids is 1. The van der Waals surface area contributed by atoms with Crippen molar-refractivity contribution in [2.75, 3.05) is 0 Å². The van der Waals surface area contributed by atoms with Crippen LogP contribution in [0.2, 0.25) is 0 Å². The Bertz CT molecular complexity index is 1250. The zero-order chi connectivity index (χ0) is 23.1. The third-order valence-electron chi connectivity index (χ3n) is 4.54. The molecule has 0 aliphatic heterocycles. The molecular weight excluding hydrogens is 448 g/mol. The van der Waals surface area contributed by atoms with Crippen LogP contribution >= 0.6 is 7.82 Å². The first kappa shape index (κ1) is 26.6.